The number of benzene rings is 2. The number of carbonyl (C=O) groups is 1. The van der Waals surface area contributed by atoms with Crippen LogP contribution >= 0.6 is 23.4 Å². The average Bonchev–Trinajstić information content (AvgIpc) is 2.69. The van der Waals surface area contributed by atoms with Crippen LogP contribution in [0.2, 0.25) is 5.02 Å². The number of nitrogens with zero attached hydrogens (tertiary/aromatic N) is 2. The lowest BCUT2D eigenvalue weighted by Crippen LogP contribution is -2.21. The molecule has 0 aliphatic heterocycles. The first-order chi connectivity index (χ1) is 14.1. The van der Waals surface area contributed by atoms with Crippen molar-refractivity contribution in [3.8, 4) is 5.69 Å². The van der Waals surface area contributed by atoms with Crippen LogP contribution in [0.15, 0.2) is 64.5 Å². The van der Waals surface area contributed by atoms with Crippen LogP contribution in [-0.4, -0.2) is 26.4 Å². The Hall–Kier alpha value is -2.98. The van der Waals surface area contributed by atoms with Crippen LogP contribution in [0.5, 0.6) is 0 Å². The minimum Gasteiger partial charge on any atom is -0.481 e. The molecule has 0 bridgehead atoms. The second-order valence-corrected chi connectivity index (χ2v) is 7.40. The van der Waals surface area contributed by atoms with E-state index in [-0.39, 0.29) is 22.3 Å². The zero-order chi connectivity index (χ0) is 21.9. The maximum atomic E-state index is 12.8. The number of carboxylic acid groups (broad SMARTS) is 1. The summed E-state index contributed by atoms with van der Waals surface area (Å²) in [6.07, 6.45) is -1.75. The van der Waals surface area contributed by atoms with Gasteiger partial charge in [0.2, 0.25) is 0 Å². The highest BCUT2D eigenvalue weighted by atomic mass is 35.5. The summed E-state index contributed by atoms with van der Waals surface area (Å²) in [5.74, 6) is -1.15. The number of carboxylic acids is 1. The van der Waals surface area contributed by atoms with E-state index >= 15 is 0 Å². The van der Waals surface area contributed by atoms with Crippen molar-refractivity contribution in [2.24, 2.45) is 0 Å². The van der Waals surface area contributed by atoms with Gasteiger partial charge in [0.1, 0.15) is 0 Å². The maximum absolute atomic E-state index is 12.8. The summed E-state index contributed by atoms with van der Waals surface area (Å²) < 4.78 is 39.6. The number of anilines is 2. The summed E-state index contributed by atoms with van der Waals surface area (Å²) in [7, 11) is 0. The Labute approximate surface area is 177 Å². The summed E-state index contributed by atoms with van der Waals surface area (Å²) in [5, 5.41) is 11.2. The molecule has 0 radical (unpaired) electrons. The molecule has 11 heteroatoms. The number of halogens is 4. The van der Waals surface area contributed by atoms with Gasteiger partial charge in [0.25, 0.3) is 5.56 Å². The third-order valence-corrected chi connectivity index (χ3v) is 5.18. The first-order valence-electron chi connectivity index (χ1n) is 8.31. The Morgan fingerprint density at radius 1 is 1.20 bits per heavy atom. The number of aromatic nitrogens is 2. The average molecular weight is 456 g/mol. The van der Waals surface area contributed by atoms with E-state index in [1.54, 1.807) is 24.3 Å². The molecule has 0 unspecified atom stereocenters. The molecular formula is C19H13ClF3N3O3S. The highest BCUT2D eigenvalue weighted by Crippen LogP contribution is 2.34. The molecule has 0 aliphatic carbocycles. The van der Waals surface area contributed by atoms with Crippen LogP contribution in [0.1, 0.15) is 5.56 Å². The van der Waals surface area contributed by atoms with Crippen molar-refractivity contribution in [2.75, 3.05) is 11.1 Å². The van der Waals surface area contributed by atoms with Gasteiger partial charge in [0.05, 0.1) is 22.0 Å². The van der Waals surface area contributed by atoms with Crippen LogP contribution in [0, 0.1) is 0 Å². The summed E-state index contributed by atoms with van der Waals surface area (Å²) in [5.41, 5.74) is -0.840. The Balaban J connectivity index is 1.85. The first-order valence-corrected chi connectivity index (χ1v) is 9.68. The van der Waals surface area contributed by atoms with Crippen molar-refractivity contribution in [3.63, 3.8) is 0 Å². The molecule has 0 aliphatic rings. The normalized spacial score (nSPS) is 11.3. The lowest BCUT2D eigenvalue weighted by molar-refractivity contribution is -0.137. The Bertz CT molecular complexity index is 1130. The molecule has 30 heavy (non-hydrogen) atoms. The van der Waals surface area contributed by atoms with Gasteiger partial charge in [-0.3, -0.25) is 14.2 Å². The van der Waals surface area contributed by atoms with Crippen molar-refractivity contribution in [2.45, 2.75) is 11.1 Å². The monoisotopic (exact) mass is 455 g/mol. The third kappa shape index (κ3) is 5.14. The minimum atomic E-state index is -4.53. The van der Waals surface area contributed by atoms with E-state index < -0.39 is 23.3 Å². The Morgan fingerprint density at radius 3 is 2.50 bits per heavy atom. The van der Waals surface area contributed by atoms with Crippen LogP contribution in [-0.2, 0) is 11.0 Å². The van der Waals surface area contributed by atoms with E-state index in [1.807, 2.05) is 0 Å². The van der Waals surface area contributed by atoms with Gasteiger partial charge in [-0.2, -0.15) is 13.2 Å². The maximum Gasteiger partial charge on any atom is 0.416 e. The van der Waals surface area contributed by atoms with Crippen LogP contribution in [0.3, 0.4) is 0 Å². The van der Waals surface area contributed by atoms with Crippen molar-refractivity contribution in [1.29, 1.82) is 0 Å². The SMILES string of the molecule is O=C(O)CSc1ccc(-n2ccnc(Nc3ccc(C(F)(F)F)cc3Cl)c2=O)cc1. The summed E-state index contributed by atoms with van der Waals surface area (Å²) in [4.78, 5) is 28.0. The number of hydrogen-bond donors (Lipinski definition) is 2. The zero-order valence-corrected chi connectivity index (χ0v) is 16.6. The van der Waals surface area contributed by atoms with Gasteiger partial charge < -0.3 is 10.4 Å². The van der Waals surface area contributed by atoms with Gasteiger partial charge >= 0.3 is 12.1 Å². The molecule has 2 N–H and O–H groups in total. The van der Waals surface area contributed by atoms with Gasteiger partial charge in [0.15, 0.2) is 5.82 Å². The molecule has 0 amide bonds. The van der Waals surface area contributed by atoms with Crippen LogP contribution in [0.25, 0.3) is 5.69 Å². The number of alkyl halides is 3. The van der Waals surface area contributed by atoms with E-state index in [0.717, 1.165) is 34.9 Å². The van der Waals surface area contributed by atoms with Gasteiger partial charge in [-0.1, -0.05) is 11.6 Å². The molecule has 2 aromatic carbocycles. The lowest BCUT2D eigenvalue weighted by atomic mass is 10.2. The number of rotatable bonds is 6. The number of hydrogen-bond acceptors (Lipinski definition) is 5. The molecular weight excluding hydrogens is 443 g/mol. The predicted octanol–water partition coefficient (Wildman–Crippen LogP) is 4.83. The summed E-state index contributed by atoms with van der Waals surface area (Å²) in [6.45, 7) is 0. The number of nitrogens with one attached hydrogen (secondary N) is 1. The van der Waals surface area contributed by atoms with Gasteiger partial charge in [-0.15, -0.1) is 11.8 Å². The van der Waals surface area contributed by atoms with Crippen molar-refractivity contribution in [1.82, 2.24) is 9.55 Å². The molecule has 156 valence electrons. The number of aliphatic carboxylic acids is 1. The molecule has 0 spiro atoms. The summed E-state index contributed by atoms with van der Waals surface area (Å²) in [6, 6.07) is 9.37. The second kappa shape index (κ2) is 8.80. The molecule has 0 saturated heterocycles. The molecule has 0 fully saturated rings. The largest absolute Gasteiger partial charge is 0.481 e. The van der Waals surface area contributed by atoms with E-state index in [2.05, 4.69) is 10.3 Å². The van der Waals surface area contributed by atoms with E-state index in [0.29, 0.717) is 5.69 Å². The van der Waals surface area contributed by atoms with Gasteiger partial charge in [-0.25, -0.2) is 4.98 Å². The second-order valence-electron chi connectivity index (χ2n) is 5.94. The fourth-order valence-corrected chi connectivity index (χ4v) is 3.32. The van der Waals surface area contributed by atoms with Gasteiger partial charge in [0, 0.05) is 23.0 Å². The topological polar surface area (TPSA) is 84.2 Å². The quantitative estimate of drug-likeness (QED) is 0.518. The number of thioether (sulfide) groups is 1. The minimum absolute atomic E-state index is 0.0868. The first kappa shape index (κ1) is 21.7. The molecule has 0 saturated carbocycles. The molecule has 1 heterocycles. The molecule has 1 aromatic heterocycles. The van der Waals surface area contributed by atoms with Crippen molar-refractivity contribution >= 4 is 40.8 Å². The van der Waals surface area contributed by atoms with Crippen molar-refractivity contribution < 1.29 is 23.1 Å². The summed E-state index contributed by atoms with van der Waals surface area (Å²) >= 11 is 7.06. The van der Waals surface area contributed by atoms with E-state index in [1.165, 1.54) is 17.0 Å². The molecule has 3 aromatic rings. The third-order valence-electron chi connectivity index (χ3n) is 3.87. The predicted molar refractivity (Wildman–Crippen MR) is 108 cm³/mol. The highest BCUT2D eigenvalue weighted by molar-refractivity contribution is 8.00. The zero-order valence-electron chi connectivity index (χ0n) is 15.0. The van der Waals surface area contributed by atoms with Crippen molar-refractivity contribution in [3.05, 3.63) is 75.8 Å². The van der Waals surface area contributed by atoms with Crippen LogP contribution < -0.4 is 10.9 Å². The lowest BCUT2D eigenvalue weighted by Gasteiger charge is -2.12. The van der Waals surface area contributed by atoms with E-state index in [4.69, 9.17) is 16.7 Å². The van der Waals surface area contributed by atoms with Gasteiger partial charge in [-0.05, 0) is 42.5 Å². The standard InChI is InChI=1S/C19H13ClF3N3O3S/c20-14-9-11(19(21,22)23)1-6-15(14)25-17-18(29)26(8-7-24-17)12-2-4-13(5-3-12)30-10-16(27)28/h1-9H,10H2,(H,24,25)(H,27,28). The van der Waals surface area contributed by atoms with Crippen LogP contribution in [0.4, 0.5) is 24.7 Å². The molecule has 6 nitrogen and oxygen atoms in total. The molecule has 0 atom stereocenters. The highest BCUT2D eigenvalue weighted by Gasteiger charge is 2.31. The Morgan fingerprint density at radius 2 is 1.90 bits per heavy atom. The Kier molecular flexibility index (Phi) is 6.37. The fourth-order valence-electron chi connectivity index (χ4n) is 2.47. The smallest absolute Gasteiger partial charge is 0.416 e. The fraction of sp³-hybridized carbons (Fsp3) is 0.105. The van der Waals surface area contributed by atoms with E-state index in [9.17, 15) is 22.8 Å². The molecule has 3 rings (SSSR count).